The molecule has 3 heteroatoms. The van der Waals surface area contributed by atoms with Gasteiger partial charge in [0, 0.05) is 0 Å². The lowest BCUT2D eigenvalue weighted by atomic mass is 10.0. The maximum absolute atomic E-state index is 11.3. The second kappa shape index (κ2) is 6.19. The zero-order chi connectivity index (χ0) is 11.1. The van der Waals surface area contributed by atoms with Crippen LogP contribution in [0, 0.1) is 0 Å². The molecule has 0 amide bonds. The van der Waals surface area contributed by atoms with Gasteiger partial charge >= 0.3 is 5.97 Å². The molecule has 15 heavy (non-hydrogen) atoms. The summed E-state index contributed by atoms with van der Waals surface area (Å²) in [6, 6.07) is 7.83. The van der Waals surface area contributed by atoms with Gasteiger partial charge in [-0.3, -0.25) is 4.79 Å². The molecule has 0 atom stereocenters. The van der Waals surface area contributed by atoms with E-state index in [1.807, 2.05) is 31.2 Å². The predicted octanol–water partition coefficient (Wildman–Crippen LogP) is 1.29. The van der Waals surface area contributed by atoms with Crippen LogP contribution in [0.15, 0.2) is 24.3 Å². The Morgan fingerprint density at radius 1 is 1.33 bits per heavy atom. The fraction of sp³-hybridized carbons (Fsp3) is 0.417. The fourth-order valence-corrected chi connectivity index (χ4v) is 1.50. The van der Waals surface area contributed by atoms with Gasteiger partial charge in [0.2, 0.25) is 0 Å². The SMILES string of the molecule is CCOC(=O)Cc1ccccc1CCN. The minimum absolute atomic E-state index is 0.179. The van der Waals surface area contributed by atoms with E-state index in [4.69, 9.17) is 10.5 Å². The lowest BCUT2D eigenvalue weighted by Gasteiger charge is -2.07. The summed E-state index contributed by atoms with van der Waals surface area (Å²) in [5.41, 5.74) is 7.65. The number of rotatable bonds is 5. The van der Waals surface area contributed by atoms with E-state index in [0.717, 1.165) is 17.5 Å². The number of carbonyl (C=O) groups excluding carboxylic acids is 1. The average molecular weight is 207 g/mol. The normalized spacial score (nSPS) is 10.0. The molecule has 0 aliphatic heterocycles. The van der Waals surface area contributed by atoms with E-state index in [0.29, 0.717) is 19.6 Å². The van der Waals surface area contributed by atoms with Crippen LogP contribution in [0.5, 0.6) is 0 Å². The Hall–Kier alpha value is -1.35. The van der Waals surface area contributed by atoms with E-state index in [9.17, 15) is 4.79 Å². The Morgan fingerprint density at radius 2 is 2.00 bits per heavy atom. The van der Waals surface area contributed by atoms with Crippen LogP contribution in [0.25, 0.3) is 0 Å². The van der Waals surface area contributed by atoms with E-state index in [1.54, 1.807) is 0 Å². The molecule has 0 unspecified atom stereocenters. The van der Waals surface area contributed by atoms with Crippen molar-refractivity contribution >= 4 is 5.97 Å². The summed E-state index contributed by atoms with van der Waals surface area (Å²) in [4.78, 5) is 11.3. The molecule has 0 aliphatic rings. The quantitative estimate of drug-likeness (QED) is 0.740. The summed E-state index contributed by atoms with van der Waals surface area (Å²) in [5.74, 6) is -0.179. The summed E-state index contributed by atoms with van der Waals surface area (Å²) >= 11 is 0. The molecule has 0 aliphatic carbocycles. The molecule has 2 N–H and O–H groups in total. The third-order valence-corrected chi connectivity index (χ3v) is 2.17. The molecule has 0 bridgehead atoms. The number of carbonyl (C=O) groups is 1. The van der Waals surface area contributed by atoms with Gasteiger partial charge in [-0.1, -0.05) is 24.3 Å². The highest BCUT2D eigenvalue weighted by Gasteiger charge is 2.07. The summed E-state index contributed by atoms with van der Waals surface area (Å²) in [6.07, 6.45) is 1.14. The van der Waals surface area contributed by atoms with Crippen molar-refractivity contribution in [3.63, 3.8) is 0 Å². The van der Waals surface area contributed by atoms with E-state index in [1.165, 1.54) is 0 Å². The van der Waals surface area contributed by atoms with E-state index in [-0.39, 0.29) is 5.97 Å². The van der Waals surface area contributed by atoms with Crippen molar-refractivity contribution in [2.45, 2.75) is 19.8 Å². The fourth-order valence-electron chi connectivity index (χ4n) is 1.50. The van der Waals surface area contributed by atoms with Gasteiger partial charge in [-0.2, -0.15) is 0 Å². The van der Waals surface area contributed by atoms with Gasteiger partial charge in [0.25, 0.3) is 0 Å². The Bertz CT molecular complexity index is 323. The molecule has 1 aromatic rings. The maximum Gasteiger partial charge on any atom is 0.310 e. The largest absolute Gasteiger partial charge is 0.466 e. The van der Waals surface area contributed by atoms with Crippen LogP contribution in [0.3, 0.4) is 0 Å². The van der Waals surface area contributed by atoms with Crippen LogP contribution in [-0.4, -0.2) is 19.1 Å². The van der Waals surface area contributed by atoms with Crippen LogP contribution in [-0.2, 0) is 22.4 Å². The van der Waals surface area contributed by atoms with Crippen LogP contribution in [0.2, 0.25) is 0 Å². The highest BCUT2D eigenvalue weighted by molar-refractivity contribution is 5.73. The average Bonchev–Trinajstić information content (AvgIpc) is 2.21. The van der Waals surface area contributed by atoms with Crippen molar-refractivity contribution in [2.24, 2.45) is 5.73 Å². The third-order valence-electron chi connectivity index (χ3n) is 2.17. The molecule has 1 rings (SSSR count). The summed E-state index contributed by atoms with van der Waals surface area (Å²) < 4.78 is 4.91. The molecule has 0 saturated heterocycles. The van der Waals surface area contributed by atoms with Gasteiger partial charge in [-0.15, -0.1) is 0 Å². The van der Waals surface area contributed by atoms with Gasteiger partial charge in [-0.05, 0) is 31.0 Å². The zero-order valence-electron chi connectivity index (χ0n) is 9.03. The number of hydrogen-bond donors (Lipinski definition) is 1. The molecule has 0 fully saturated rings. The van der Waals surface area contributed by atoms with Gasteiger partial charge in [0.15, 0.2) is 0 Å². The van der Waals surface area contributed by atoms with Crippen molar-refractivity contribution in [1.29, 1.82) is 0 Å². The molecule has 0 saturated carbocycles. The van der Waals surface area contributed by atoms with Gasteiger partial charge in [0.1, 0.15) is 0 Å². The van der Waals surface area contributed by atoms with Crippen molar-refractivity contribution in [3.05, 3.63) is 35.4 Å². The predicted molar refractivity (Wildman–Crippen MR) is 59.5 cm³/mol. The minimum Gasteiger partial charge on any atom is -0.466 e. The Balaban J connectivity index is 2.70. The number of hydrogen-bond acceptors (Lipinski definition) is 3. The van der Waals surface area contributed by atoms with Gasteiger partial charge in [0.05, 0.1) is 13.0 Å². The molecule has 1 aromatic carbocycles. The first-order valence-electron chi connectivity index (χ1n) is 5.20. The standard InChI is InChI=1S/C12H17NO2/c1-2-15-12(14)9-11-6-4-3-5-10(11)7-8-13/h3-6H,2,7-9,13H2,1H3. The summed E-state index contributed by atoms with van der Waals surface area (Å²) in [5, 5.41) is 0. The number of ether oxygens (including phenoxy) is 1. The highest BCUT2D eigenvalue weighted by atomic mass is 16.5. The molecule has 3 nitrogen and oxygen atoms in total. The Kier molecular flexibility index (Phi) is 4.84. The first kappa shape index (κ1) is 11.7. The van der Waals surface area contributed by atoms with Crippen molar-refractivity contribution in [1.82, 2.24) is 0 Å². The van der Waals surface area contributed by atoms with Gasteiger partial charge < -0.3 is 10.5 Å². The first-order valence-corrected chi connectivity index (χ1v) is 5.20. The second-order valence-electron chi connectivity index (χ2n) is 3.29. The first-order chi connectivity index (χ1) is 7.27. The number of nitrogens with two attached hydrogens (primary N) is 1. The Labute approximate surface area is 90.2 Å². The smallest absolute Gasteiger partial charge is 0.310 e. The number of benzene rings is 1. The van der Waals surface area contributed by atoms with E-state index >= 15 is 0 Å². The summed E-state index contributed by atoms with van der Waals surface area (Å²) in [6.45, 7) is 2.83. The molecule has 82 valence electrons. The highest BCUT2D eigenvalue weighted by Crippen LogP contribution is 2.10. The molecule has 0 aromatic heterocycles. The molecule has 0 radical (unpaired) electrons. The molecule has 0 spiro atoms. The lowest BCUT2D eigenvalue weighted by Crippen LogP contribution is -2.11. The van der Waals surface area contributed by atoms with E-state index < -0.39 is 0 Å². The van der Waals surface area contributed by atoms with Crippen LogP contribution < -0.4 is 5.73 Å². The zero-order valence-corrected chi connectivity index (χ0v) is 9.03. The Morgan fingerprint density at radius 3 is 2.60 bits per heavy atom. The topological polar surface area (TPSA) is 52.3 Å². The second-order valence-corrected chi connectivity index (χ2v) is 3.29. The van der Waals surface area contributed by atoms with Crippen molar-refractivity contribution in [3.8, 4) is 0 Å². The van der Waals surface area contributed by atoms with Crippen molar-refractivity contribution < 1.29 is 9.53 Å². The lowest BCUT2D eigenvalue weighted by molar-refractivity contribution is -0.142. The van der Waals surface area contributed by atoms with E-state index in [2.05, 4.69) is 0 Å². The monoisotopic (exact) mass is 207 g/mol. The van der Waals surface area contributed by atoms with Crippen LogP contribution >= 0.6 is 0 Å². The van der Waals surface area contributed by atoms with Crippen LogP contribution in [0.1, 0.15) is 18.1 Å². The minimum atomic E-state index is -0.179. The maximum atomic E-state index is 11.3. The summed E-state index contributed by atoms with van der Waals surface area (Å²) in [7, 11) is 0. The van der Waals surface area contributed by atoms with Gasteiger partial charge in [-0.25, -0.2) is 0 Å². The van der Waals surface area contributed by atoms with Crippen LogP contribution in [0.4, 0.5) is 0 Å². The molecule has 0 heterocycles. The third kappa shape index (κ3) is 3.72. The molecular weight excluding hydrogens is 190 g/mol. The number of esters is 1. The molecular formula is C12H17NO2. The van der Waals surface area contributed by atoms with Crippen molar-refractivity contribution in [2.75, 3.05) is 13.2 Å².